The zero-order valence-corrected chi connectivity index (χ0v) is 17.9. The van der Waals surface area contributed by atoms with Crippen LogP contribution in [0.3, 0.4) is 0 Å². The Kier molecular flexibility index (Phi) is 5.48. The molecule has 0 unspecified atom stereocenters. The number of anilines is 2. The van der Waals surface area contributed by atoms with E-state index >= 15 is 0 Å². The number of carbonyl (C=O) groups is 2. The number of aliphatic imine (C=N–C) groups is 1. The van der Waals surface area contributed by atoms with Crippen molar-refractivity contribution in [2.75, 3.05) is 4.90 Å². The highest BCUT2D eigenvalue weighted by Gasteiger charge is 2.25. The molecule has 0 N–H and O–H groups in total. The van der Waals surface area contributed by atoms with Crippen LogP contribution in [0.5, 0.6) is 0 Å². The molecule has 0 bridgehead atoms. The summed E-state index contributed by atoms with van der Waals surface area (Å²) in [6.07, 6.45) is 1.48. The summed E-state index contributed by atoms with van der Waals surface area (Å²) in [6, 6.07) is 11.4. The largest absolute Gasteiger partial charge is 0.402 e. The zero-order valence-electron chi connectivity index (χ0n) is 17.0. The van der Waals surface area contributed by atoms with Crippen LogP contribution in [0.2, 0.25) is 0 Å². The van der Waals surface area contributed by atoms with Crippen LogP contribution in [-0.4, -0.2) is 22.8 Å². The molecule has 0 saturated heterocycles. The van der Waals surface area contributed by atoms with Gasteiger partial charge in [-0.1, -0.05) is 18.2 Å². The normalized spacial score (nSPS) is 14.5. The first-order valence-electron chi connectivity index (χ1n) is 9.44. The third-order valence-electron chi connectivity index (χ3n) is 4.81. The van der Waals surface area contributed by atoms with Crippen molar-refractivity contribution >= 4 is 46.0 Å². The van der Waals surface area contributed by atoms with Crippen molar-refractivity contribution in [2.24, 2.45) is 4.99 Å². The monoisotopic (exact) mass is 435 g/mol. The van der Waals surface area contributed by atoms with E-state index < -0.39 is 11.8 Å². The minimum atomic E-state index is -0.647. The maximum absolute atomic E-state index is 13.4. The van der Waals surface area contributed by atoms with Crippen LogP contribution < -0.4 is 4.90 Å². The van der Waals surface area contributed by atoms with Crippen LogP contribution in [0.1, 0.15) is 29.3 Å². The van der Waals surface area contributed by atoms with E-state index in [0.29, 0.717) is 16.4 Å². The molecule has 6 nitrogen and oxygen atoms in total. The van der Waals surface area contributed by atoms with Crippen molar-refractivity contribution in [3.05, 3.63) is 81.7 Å². The highest BCUT2D eigenvalue weighted by atomic mass is 32.1. The number of ether oxygens (including phenoxy) is 1. The van der Waals surface area contributed by atoms with Crippen molar-refractivity contribution < 1.29 is 18.7 Å². The van der Waals surface area contributed by atoms with Gasteiger partial charge in [0.25, 0.3) is 0 Å². The molecule has 3 aromatic rings. The lowest BCUT2D eigenvalue weighted by molar-refractivity contribution is -0.130. The molecular formula is C23H18FN3O3S. The Labute approximate surface area is 182 Å². The lowest BCUT2D eigenvalue weighted by Gasteiger charge is -2.21. The standard InChI is InChI=1S/C23H18FN3O3S/c1-13-6-4-9-20(14(13)2)27(15(3)28)23-25-18(12-31-23)11-19-22(29)30-21(26-19)16-7-5-8-17(24)10-16/h4-12H,1-3H3/b19-11-. The van der Waals surface area contributed by atoms with Gasteiger partial charge >= 0.3 is 5.97 Å². The number of hydrogen-bond donors (Lipinski definition) is 0. The van der Waals surface area contributed by atoms with Gasteiger partial charge in [-0.25, -0.2) is 19.2 Å². The fourth-order valence-corrected chi connectivity index (χ4v) is 3.96. The number of halogens is 1. The average molecular weight is 435 g/mol. The van der Waals surface area contributed by atoms with Gasteiger partial charge in [0.05, 0.1) is 11.4 Å². The molecule has 1 aliphatic heterocycles. The van der Waals surface area contributed by atoms with Gasteiger partial charge in [0.2, 0.25) is 11.8 Å². The van der Waals surface area contributed by atoms with Gasteiger partial charge in [-0.05, 0) is 55.3 Å². The van der Waals surface area contributed by atoms with Crippen LogP contribution in [0, 0.1) is 19.7 Å². The first-order chi connectivity index (χ1) is 14.8. The number of cyclic esters (lactones) is 1. The molecule has 1 aliphatic rings. The summed E-state index contributed by atoms with van der Waals surface area (Å²) in [4.78, 5) is 34.8. The lowest BCUT2D eigenvalue weighted by atomic mass is 10.1. The fourth-order valence-electron chi connectivity index (χ4n) is 3.12. The first-order valence-corrected chi connectivity index (χ1v) is 10.3. The van der Waals surface area contributed by atoms with E-state index in [1.165, 1.54) is 42.5 Å². The molecule has 4 rings (SSSR count). The summed E-state index contributed by atoms with van der Waals surface area (Å²) >= 11 is 1.28. The van der Waals surface area contributed by atoms with Crippen molar-refractivity contribution in [1.82, 2.24) is 4.98 Å². The molecule has 0 spiro atoms. The number of nitrogens with zero attached hydrogens (tertiary/aromatic N) is 3. The van der Waals surface area contributed by atoms with E-state index in [4.69, 9.17) is 4.74 Å². The molecule has 0 atom stereocenters. The maximum atomic E-state index is 13.4. The van der Waals surface area contributed by atoms with Crippen LogP contribution in [0.25, 0.3) is 6.08 Å². The number of amides is 1. The molecule has 156 valence electrons. The summed E-state index contributed by atoms with van der Waals surface area (Å²) in [7, 11) is 0. The second-order valence-electron chi connectivity index (χ2n) is 6.97. The molecule has 8 heteroatoms. The van der Waals surface area contributed by atoms with Crippen LogP contribution >= 0.6 is 11.3 Å². The van der Waals surface area contributed by atoms with Gasteiger partial charge in [-0.2, -0.15) is 0 Å². The second-order valence-corrected chi connectivity index (χ2v) is 7.81. The number of aryl methyl sites for hydroxylation is 1. The molecule has 0 saturated carbocycles. The molecule has 0 fully saturated rings. The number of thiazole rings is 1. The maximum Gasteiger partial charge on any atom is 0.363 e. The quantitative estimate of drug-likeness (QED) is 0.430. The highest BCUT2D eigenvalue weighted by molar-refractivity contribution is 7.14. The molecular weight excluding hydrogens is 417 g/mol. The van der Waals surface area contributed by atoms with Gasteiger partial charge in [-0.15, -0.1) is 11.3 Å². The average Bonchev–Trinajstić information content (AvgIpc) is 3.32. The molecule has 31 heavy (non-hydrogen) atoms. The number of aromatic nitrogens is 1. The topological polar surface area (TPSA) is 71.9 Å². The summed E-state index contributed by atoms with van der Waals surface area (Å²) in [5, 5.41) is 2.21. The highest BCUT2D eigenvalue weighted by Crippen LogP contribution is 2.33. The van der Waals surface area contributed by atoms with Crippen molar-refractivity contribution in [3.63, 3.8) is 0 Å². The smallest absolute Gasteiger partial charge is 0.363 e. The van der Waals surface area contributed by atoms with E-state index in [9.17, 15) is 14.0 Å². The van der Waals surface area contributed by atoms with E-state index in [1.807, 2.05) is 32.0 Å². The molecule has 1 amide bonds. The number of hydrogen-bond acceptors (Lipinski definition) is 6. The van der Waals surface area contributed by atoms with Crippen molar-refractivity contribution in [2.45, 2.75) is 20.8 Å². The SMILES string of the molecule is CC(=O)N(c1nc(/C=C2\N=C(c3cccc(F)c3)OC2=O)cs1)c1cccc(C)c1C. The van der Waals surface area contributed by atoms with Gasteiger partial charge < -0.3 is 4.74 Å². The number of esters is 1. The summed E-state index contributed by atoms with van der Waals surface area (Å²) in [6.45, 7) is 5.41. The third kappa shape index (κ3) is 4.15. The minimum absolute atomic E-state index is 0.0342. The third-order valence-corrected chi connectivity index (χ3v) is 5.65. The Morgan fingerprint density at radius 3 is 2.71 bits per heavy atom. The first kappa shape index (κ1) is 20.6. The van der Waals surface area contributed by atoms with E-state index in [2.05, 4.69) is 9.98 Å². The predicted octanol–water partition coefficient (Wildman–Crippen LogP) is 4.93. The van der Waals surface area contributed by atoms with Gasteiger partial charge in [0.15, 0.2) is 10.8 Å². The molecule has 0 radical (unpaired) electrons. The summed E-state index contributed by atoms with van der Waals surface area (Å²) < 4.78 is 18.6. The fraction of sp³-hybridized carbons (Fsp3) is 0.130. The van der Waals surface area contributed by atoms with Gasteiger partial charge in [-0.3, -0.25) is 9.69 Å². The van der Waals surface area contributed by atoms with Crippen LogP contribution in [-0.2, 0) is 14.3 Å². The summed E-state index contributed by atoms with van der Waals surface area (Å²) in [5.41, 5.74) is 3.69. The van der Waals surface area contributed by atoms with E-state index in [0.717, 1.165) is 16.8 Å². The molecule has 2 heterocycles. The Hall–Kier alpha value is -3.65. The lowest BCUT2D eigenvalue weighted by Crippen LogP contribution is -2.23. The molecule has 0 aliphatic carbocycles. The number of rotatable bonds is 4. The summed E-state index contributed by atoms with van der Waals surface area (Å²) in [5.74, 6) is -1.23. The van der Waals surface area contributed by atoms with Crippen LogP contribution in [0.15, 0.2) is 58.5 Å². The van der Waals surface area contributed by atoms with E-state index in [-0.39, 0.29) is 17.5 Å². The van der Waals surface area contributed by atoms with Gasteiger partial charge in [0, 0.05) is 17.9 Å². The van der Waals surface area contributed by atoms with Crippen LogP contribution in [0.4, 0.5) is 15.2 Å². The minimum Gasteiger partial charge on any atom is -0.402 e. The Balaban J connectivity index is 1.66. The second kappa shape index (κ2) is 8.23. The van der Waals surface area contributed by atoms with Crippen molar-refractivity contribution in [3.8, 4) is 0 Å². The van der Waals surface area contributed by atoms with E-state index in [1.54, 1.807) is 16.3 Å². The van der Waals surface area contributed by atoms with Crippen molar-refractivity contribution in [1.29, 1.82) is 0 Å². The number of benzene rings is 2. The van der Waals surface area contributed by atoms with Gasteiger partial charge in [0.1, 0.15) is 5.82 Å². The Morgan fingerprint density at radius 2 is 1.97 bits per heavy atom. The number of carbonyl (C=O) groups excluding carboxylic acids is 2. The Bertz CT molecular complexity index is 1260. The predicted molar refractivity (Wildman–Crippen MR) is 118 cm³/mol. The zero-order chi connectivity index (χ0) is 22.1. The molecule has 2 aromatic carbocycles. The Morgan fingerprint density at radius 1 is 1.19 bits per heavy atom. The molecule has 1 aromatic heterocycles.